The van der Waals surface area contributed by atoms with Crippen molar-refractivity contribution < 1.29 is 14.1 Å². The molecule has 0 aliphatic carbocycles. The first-order valence-corrected chi connectivity index (χ1v) is 5.15. The number of rotatable bonds is 4. The Labute approximate surface area is 106 Å². The van der Waals surface area contributed by atoms with Crippen LogP contribution >= 0.6 is 0 Å². The molecule has 2 rings (SSSR count). The fraction of sp³-hybridized carbons (Fsp3) is 0.100. The molecule has 98 valence electrons. The molecule has 0 fully saturated rings. The number of nitrogens with one attached hydrogen (secondary N) is 2. The van der Waals surface area contributed by atoms with Crippen molar-refractivity contribution >= 4 is 18.0 Å². The summed E-state index contributed by atoms with van der Waals surface area (Å²) in [6.45, 7) is 1.32. The number of amides is 1. The van der Waals surface area contributed by atoms with E-state index in [-0.39, 0.29) is 17.6 Å². The predicted octanol–water partition coefficient (Wildman–Crippen LogP) is 1.05. The minimum atomic E-state index is -0.634. The lowest BCUT2D eigenvalue weighted by Gasteiger charge is -1.94. The third-order valence-corrected chi connectivity index (χ3v) is 2.11. The van der Waals surface area contributed by atoms with Crippen LogP contribution in [0.3, 0.4) is 0 Å². The van der Waals surface area contributed by atoms with E-state index >= 15 is 0 Å². The number of hydrogen-bond donors (Lipinski definition) is 2. The van der Waals surface area contributed by atoms with Gasteiger partial charge in [-0.05, 0) is 6.07 Å². The van der Waals surface area contributed by atoms with Crippen molar-refractivity contribution in [1.82, 2.24) is 15.6 Å². The Kier molecular flexibility index (Phi) is 3.37. The van der Waals surface area contributed by atoms with E-state index in [1.165, 1.54) is 31.5 Å². The van der Waals surface area contributed by atoms with Gasteiger partial charge in [0.05, 0.1) is 18.5 Å². The van der Waals surface area contributed by atoms with Gasteiger partial charge in [0.1, 0.15) is 10.6 Å². The number of carbonyl (C=O) groups excluding carboxylic acids is 1. The molecule has 2 N–H and O–H groups in total. The monoisotopic (exact) mass is 263 g/mol. The van der Waals surface area contributed by atoms with Gasteiger partial charge in [-0.25, -0.2) is 5.43 Å². The molecule has 0 aromatic carbocycles. The number of nitrogens with zero attached hydrogens (tertiary/aromatic N) is 3. The summed E-state index contributed by atoms with van der Waals surface area (Å²) in [5.41, 5.74) is 3.19. The first kappa shape index (κ1) is 12.5. The lowest BCUT2D eigenvalue weighted by atomic mass is 10.2. The summed E-state index contributed by atoms with van der Waals surface area (Å²) >= 11 is 0. The van der Waals surface area contributed by atoms with Crippen molar-refractivity contribution in [3.05, 3.63) is 34.0 Å². The third-order valence-electron chi connectivity index (χ3n) is 2.11. The van der Waals surface area contributed by atoms with E-state index in [4.69, 9.17) is 4.42 Å². The fourth-order valence-corrected chi connectivity index (χ4v) is 1.34. The van der Waals surface area contributed by atoms with Crippen LogP contribution < -0.4 is 5.43 Å². The highest BCUT2D eigenvalue weighted by Crippen LogP contribution is 2.26. The Morgan fingerprint density at radius 3 is 3.05 bits per heavy atom. The smallest absolute Gasteiger partial charge is 0.399 e. The highest BCUT2D eigenvalue weighted by atomic mass is 16.6. The molecule has 0 aliphatic heterocycles. The van der Waals surface area contributed by atoms with E-state index in [1.54, 1.807) is 0 Å². The van der Waals surface area contributed by atoms with Crippen molar-refractivity contribution in [3.63, 3.8) is 0 Å². The van der Waals surface area contributed by atoms with Crippen LogP contribution in [-0.2, 0) is 4.79 Å². The first-order chi connectivity index (χ1) is 9.08. The maximum Gasteiger partial charge on any atom is 0.433 e. The largest absolute Gasteiger partial charge is 0.433 e. The highest BCUT2D eigenvalue weighted by molar-refractivity contribution is 5.88. The molecular weight excluding hydrogens is 254 g/mol. The van der Waals surface area contributed by atoms with E-state index < -0.39 is 4.92 Å². The van der Waals surface area contributed by atoms with Gasteiger partial charge in [-0.2, -0.15) is 10.2 Å². The van der Waals surface area contributed by atoms with Gasteiger partial charge < -0.3 is 4.42 Å². The zero-order valence-electron chi connectivity index (χ0n) is 9.78. The lowest BCUT2D eigenvalue weighted by molar-refractivity contribution is -0.401. The zero-order valence-corrected chi connectivity index (χ0v) is 9.78. The molecule has 0 saturated heterocycles. The minimum absolute atomic E-state index is 0.258. The van der Waals surface area contributed by atoms with Crippen molar-refractivity contribution in [3.8, 4) is 11.5 Å². The molecule has 0 radical (unpaired) electrons. The molecule has 0 aliphatic rings. The van der Waals surface area contributed by atoms with Gasteiger partial charge in [0, 0.05) is 12.5 Å². The van der Waals surface area contributed by atoms with Crippen molar-refractivity contribution in [2.45, 2.75) is 6.92 Å². The van der Waals surface area contributed by atoms with Crippen molar-refractivity contribution in [1.29, 1.82) is 0 Å². The topological polar surface area (TPSA) is 126 Å². The third kappa shape index (κ3) is 2.83. The molecule has 9 heteroatoms. The second kappa shape index (κ2) is 5.12. The normalized spacial score (nSPS) is 10.8. The van der Waals surface area contributed by atoms with E-state index in [0.717, 1.165) is 0 Å². The second-order valence-corrected chi connectivity index (χ2v) is 3.52. The van der Waals surface area contributed by atoms with E-state index in [9.17, 15) is 14.9 Å². The Hall–Kier alpha value is -2.97. The fourth-order valence-electron chi connectivity index (χ4n) is 1.34. The minimum Gasteiger partial charge on any atom is -0.399 e. The van der Waals surface area contributed by atoms with Gasteiger partial charge in [0.2, 0.25) is 5.91 Å². The molecule has 0 saturated carbocycles. The summed E-state index contributed by atoms with van der Waals surface area (Å²) in [7, 11) is 0. The van der Waals surface area contributed by atoms with Gasteiger partial charge in [0.25, 0.3) is 0 Å². The number of aromatic amines is 1. The van der Waals surface area contributed by atoms with Crippen LogP contribution in [-0.4, -0.2) is 27.2 Å². The average molecular weight is 263 g/mol. The Balaban J connectivity index is 2.25. The summed E-state index contributed by atoms with van der Waals surface area (Å²) in [4.78, 5) is 20.6. The molecule has 2 aromatic heterocycles. The van der Waals surface area contributed by atoms with Gasteiger partial charge in [0.15, 0.2) is 5.76 Å². The summed E-state index contributed by atoms with van der Waals surface area (Å²) in [6.07, 6.45) is 2.81. The highest BCUT2D eigenvalue weighted by Gasteiger charge is 2.16. The molecule has 19 heavy (non-hydrogen) atoms. The molecule has 0 bridgehead atoms. The molecule has 2 aromatic rings. The summed E-state index contributed by atoms with van der Waals surface area (Å²) in [6, 6.07) is 2.69. The molecule has 0 atom stereocenters. The Bertz CT molecular complexity index is 642. The Morgan fingerprint density at radius 1 is 1.63 bits per heavy atom. The summed E-state index contributed by atoms with van der Waals surface area (Å²) < 4.78 is 5.04. The maximum atomic E-state index is 10.7. The van der Waals surface area contributed by atoms with Crippen LogP contribution in [0, 0.1) is 10.1 Å². The van der Waals surface area contributed by atoms with Crippen molar-refractivity contribution in [2.75, 3.05) is 0 Å². The van der Waals surface area contributed by atoms with Crippen LogP contribution in [0.25, 0.3) is 11.5 Å². The van der Waals surface area contributed by atoms with Crippen LogP contribution in [0.5, 0.6) is 0 Å². The van der Waals surface area contributed by atoms with Gasteiger partial charge in [-0.15, -0.1) is 0 Å². The van der Waals surface area contributed by atoms with Gasteiger partial charge in [-0.3, -0.25) is 20.0 Å². The second-order valence-electron chi connectivity index (χ2n) is 3.52. The van der Waals surface area contributed by atoms with Crippen LogP contribution in [0.4, 0.5) is 5.88 Å². The summed E-state index contributed by atoms with van der Waals surface area (Å²) in [5, 5.41) is 20.6. The van der Waals surface area contributed by atoms with E-state index in [2.05, 4.69) is 20.7 Å². The Morgan fingerprint density at radius 2 is 2.42 bits per heavy atom. The van der Waals surface area contributed by atoms with Gasteiger partial charge >= 0.3 is 5.88 Å². The van der Waals surface area contributed by atoms with Crippen molar-refractivity contribution in [2.24, 2.45) is 5.10 Å². The predicted molar refractivity (Wildman–Crippen MR) is 64.4 cm³/mol. The van der Waals surface area contributed by atoms with Crippen LogP contribution in [0.2, 0.25) is 0 Å². The maximum absolute atomic E-state index is 10.7. The standard InChI is InChI=1S/C10H9N5O4/c1-6(16)13-11-4-7-5-12-14-10(7)8-2-3-9(19-8)15(17)18/h2-5H,1H3,(H,12,14)(H,13,16). The number of hydrogen-bond acceptors (Lipinski definition) is 6. The number of hydrazone groups is 1. The number of furan rings is 1. The van der Waals surface area contributed by atoms with E-state index in [0.29, 0.717) is 11.3 Å². The molecule has 0 spiro atoms. The molecule has 2 heterocycles. The zero-order chi connectivity index (χ0) is 13.8. The van der Waals surface area contributed by atoms with Crippen LogP contribution in [0.15, 0.2) is 27.8 Å². The van der Waals surface area contributed by atoms with Gasteiger partial charge in [-0.1, -0.05) is 0 Å². The number of nitro groups is 1. The molecule has 1 amide bonds. The summed E-state index contributed by atoms with van der Waals surface area (Å²) in [5.74, 6) is -0.419. The molecule has 0 unspecified atom stereocenters. The molecule has 9 nitrogen and oxygen atoms in total. The number of carbonyl (C=O) groups is 1. The lowest BCUT2D eigenvalue weighted by Crippen LogP contribution is -2.12. The molecular formula is C10H9N5O4. The van der Waals surface area contributed by atoms with E-state index in [1.807, 2.05) is 0 Å². The number of aromatic nitrogens is 2. The van der Waals surface area contributed by atoms with Crippen LogP contribution in [0.1, 0.15) is 12.5 Å². The quantitative estimate of drug-likeness (QED) is 0.484. The number of H-pyrrole nitrogens is 1. The average Bonchev–Trinajstić information content (AvgIpc) is 2.94. The first-order valence-electron chi connectivity index (χ1n) is 5.15. The SMILES string of the molecule is CC(=O)NN=Cc1cn[nH]c1-c1ccc([N+](=O)[O-])o1.